The second-order valence-electron chi connectivity index (χ2n) is 6.05. The molecule has 0 spiro atoms. The lowest BCUT2D eigenvalue weighted by Gasteiger charge is -2.35. The van der Waals surface area contributed by atoms with Gasteiger partial charge in [0.1, 0.15) is 6.04 Å². The third kappa shape index (κ3) is 3.68. The minimum absolute atomic E-state index is 0.0874. The van der Waals surface area contributed by atoms with Gasteiger partial charge in [-0.05, 0) is 18.9 Å². The average molecular weight is 332 g/mol. The van der Waals surface area contributed by atoms with Crippen LogP contribution in [0.3, 0.4) is 0 Å². The van der Waals surface area contributed by atoms with Gasteiger partial charge in [0.15, 0.2) is 0 Å². The van der Waals surface area contributed by atoms with Crippen molar-refractivity contribution in [1.29, 1.82) is 0 Å². The Kier molecular flexibility index (Phi) is 5.32. The second kappa shape index (κ2) is 7.63. The van der Waals surface area contributed by atoms with Crippen LogP contribution >= 0.6 is 0 Å². The van der Waals surface area contributed by atoms with Gasteiger partial charge in [0.05, 0.1) is 6.61 Å². The third-order valence-electron chi connectivity index (χ3n) is 4.52. The summed E-state index contributed by atoms with van der Waals surface area (Å²) in [6.45, 7) is 4.30. The van der Waals surface area contributed by atoms with Crippen molar-refractivity contribution in [3.63, 3.8) is 0 Å². The Morgan fingerprint density at radius 2 is 1.75 bits per heavy atom. The molecule has 2 aliphatic rings. The molecule has 3 rings (SSSR count). The Hall–Kier alpha value is -2.12. The Bertz CT molecular complexity index is 572. The van der Waals surface area contributed by atoms with Crippen LogP contribution in [0.4, 0.5) is 4.79 Å². The summed E-state index contributed by atoms with van der Waals surface area (Å²) in [6.07, 6.45) is 0.426. The van der Waals surface area contributed by atoms with E-state index in [0.29, 0.717) is 32.8 Å². The van der Waals surface area contributed by atoms with Crippen molar-refractivity contribution in [2.75, 3.05) is 32.8 Å². The lowest BCUT2D eigenvalue weighted by molar-refractivity contribution is -0.134. The first-order chi connectivity index (χ1) is 11.7. The Morgan fingerprint density at radius 1 is 1.08 bits per heavy atom. The number of carbonyl (C=O) groups excluding carboxylic acids is 2. The maximum absolute atomic E-state index is 12.7. The first kappa shape index (κ1) is 16.7. The molecule has 0 radical (unpaired) electrons. The van der Waals surface area contributed by atoms with Crippen molar-refractivity contribution in [3.8, 4) is 0 Å². The minimum Gasteiger partial charge on any atom is -0.450 e. The summed E-state index contributed by atoms with van der Waals surface area (Å²) in [5.74, 6) is 0.0874. The van der Waals surface area contributed by atoms with E-state index in [1.54, 1.807) is 11.8 Å². The molecule has 0 bridgehead atoms. The molecular weight excluding hydrogens is 308 g/mol. The van der Waals surface area contributed by atoms with Crippen LogP contribution in [0.2, 0.25) is 0 Å². The fourth-order valence-corrected chi connectivity index (χ4v) is 3.17. The molecule has 7 nitrogen and oxygen atoms in total. The summed E-state index contributed by atoms with van der Waals surface area (Å²) in [4.78, 5) is 27.9. The number of benzene rings is 1. The summed E-state index contributed by atoms with van der Waals surface area (Å²) < 4.78 is 5.00. The van der Waals surface area contributed by atoms with Gasteiger partial charge in [-0.25, -0.2) is 15.6 Å². The van der Waals surface area contributed by atoms with Gasteiger partial charge in [0.25, 0.3) is 0 Å². The highest BCUT2D eigenvalue weighted by molar-refractivity contribution is 5.82. The number of nitrogens with one attached hydrogen (secondary N) is 2. The van der Waals surface area contributed by atoms with Crippen LogP contribution in [-0.2, 0) is 9.53 Å². The van der Waals surface area contributed by atoms with Gasteiger partial charge in [0.2, 0.25) is 5.91 Å². The number of nitrogens with zero attached hydrogens (tertiary/aromatic N) is 2. The fraction of sp³-hybridized carbons (Fsp3) is 0.529. The van der Waals surface area contributed by atoms with Gasteiger partial charge >= 0.3 is 6.09 Å². The Morgan fingerprint density at radius 3 is 2.42 bits per heavy atom. The zero-order valence-corrected chi connectivity index (χ0v) is 13.9. The highest BCUT2D eigenvalue weighted by Gasteiger charge is 2.34. The van der Waals surface area contributed by atoms with Crippen molar-refractivity contribution in [3.05, 3.63) is 35.9 Å². The Labute approximate surface area is 141 Å². The molecule has 2 amide bonds. The summed E-state index contributed by atoms with van der Waals surface area (Å²) in [7, 11) is 0. The molecule has 2 N–H and O–H groups in total. The van der Waals surface area contributed by atoms with E-state index in [-0.39, 0.29) is 24.1 Å². The number of amides is 2. The number of hydrogen-bond acceptors (Lipinski definition) is 5. The summed E-state index contributed by atoms with van der Waals surface area (Å²) in [5.41, 5.74) is 7.49. The van der Waals surface area contributed by atoms with Gasteiger partial charge in [0, 0.05) is 32.2 Å². The van der Waals surface area contributed by atoms with Gasteiger partial charge in [-0.1, -0.05) is 30.3 Å². The maximum atomic E-state index is 12.7. The van der Waals surface area contributed by atoms with Crippen molar-refractivity contribution in [1.82, 2.24) is 20.7 Å². The van der Waals surface area contributed by atoms with Crippen LogP contribution in [0.5, 0.6) is 0 Å². The smallest absolute Gasteiger partial charge is 0.409 e. The molecule has 2 unspecified atom stereocenters. The quantitative estimate of drug-likeness (QED) is 0.860. The highest BCUT2D eigenvalue weighted by Crippen LogP contribution is 2.23. The molecule has 2 fully saturated rings. The monoisotopic (exact) mass is 332 g/mol. The molecule has 1 aromatic carbocycles. The van der Waals surface area contributed by atoms with Crippen LogP contribution in [-0.4, -0.2) is 60.6 Å². The van der Waals surface area contributed by atoms with E-state index in [0.717, 1.165) is 6.42 Å². The van der Waals surface area contributed by atoms with E-state index in [4.69, 9.17) is 4.74 Å². The second-order valence-corrected chi connectivity index (χ2v) is 6.05. The van der Waals surface area contributed by atoms with Crippen molar-refractivity contribution in [2.45, 2.75) is 25.4 Å². The molecule has 7 heteroatoms. The van der Waals surface area contributed by atoms with Crippen molar-refractivity contribution in [2.24, 2.45) is 0 Å². The molecular formula is C17H24N4O3. The predicted molar refractivity (Wildman–Crippen MR) is 89.0 cm³/mol. The van der Waals surface area contributed by atoms with E-state index in [2.05, 4.69) is 23.0 Å². The summed E-state index contributed by atoms with van der Waals surface area (Å²) in [6, 6.07) is 10.0. The summed E-state index contributed by atoms with van der Waals surface area (Å²) >= 11 is 0. The lowest BCUT2D eigenvalue weighted by Crippen LogP contribution is -2.54. The average Bonchev–Trinajstić information content (AvgIpc) is 3.12. The molecule has 2 heterocycles. The van der Waals surface area contributed by atoms with Crippen molar-refractivity contribution >= 4 is 12.0 Å². The molecule has 2 aliphatic heterocycles. The number of hydrogen-bond donors (Lipinski definition) is 2. The van der Waals surface area contributed by atoms with E-state index in [1.165, 1.54) is 5.56 Å². The van der Waals surface area contributed by atoms with Crippen molar-refractivity contribution < 1.29 is 14.3 Å². The number of rotatable bonds is 3. The van der Waals surface area contributed by atoms with Crippen LogP contribution in [0.1, 0.15) is 24.9 Å². The molecule has 2 atom stereocenters. The molecule has 130 valence electrons. The largest absolute Gasteiger partial charge is 0.450 e. The first-order valence-corrected chi connectivity index (χ1v) is 8.45. The molecule has 1 aromatic rings. The molecule has 0 saturated carbocycles. The third-order valence-corrected chi connectivity index (χ3v) is 4.52. The SMILES string of the molecule is CCOC(=O)N1CCN(C(=O)C2CC(c3ccccc3)NN2)CC1. The minimum atomic E-state index is -0.297. The molecule has 0 aliphatic carbocycles. The number of ether oxygens (including phenoxy) is 1. The lowest BCUT2D eigenvalue weighted by atomic mass is 10.0. The van der Waals surface area contributed by atoms with E-state index >= 15 is 0 Å². The van der Waals surface area contributed by atoms with E-state index < -0.39 is 0 Å². The Balaban J connectivity index is 1.50. The maximum Gasteiger partial charge on any atom is 0.409 e. The molecule has 0 aromatic heterocycles. The molecule has 2 saturated heterocycles. The van der Waals surface area contributed by atoms with Crippen LogP contribution in [0.25, 0.3) is 0 Å². The van der Waals surface area contributed by atoms with E-state index in [9.17, 15) is 9.59 Å². The van der Waals surface area contributed by atoms with Gasteiger partial charge in [-0.2, -0.15) is 0 Å². The molecule has 24 heavy (non-hydrogen) atoms. The van der Waals surface area contributed by atoms with Crippen LogP contribution < -0.4 is 10.9 Å². The van der Waals surface area contributed by atoms with Gasteiger partial charge in [-0.15, -0.1) is 0 Å². The highest BCUT2D eigenvalue weighted by atomic mass is 16.6. The van der Waals surface area contributed by atoms with Gasteiger partial charge in [-0.3, -0.25) is 4.79 Å². The van der Waals surface area contributed by atoms with Crippen LogP contribution in [0, 0.1) is 0 Å². The summed E-state index contributed by atoms with van der Waals surface area (Å²) in [5, 5.41) is 0. The zero-order valence-electron chi connectivity index (χ0n) is 13.9. The normalized spacial score (nSPS) is 24.0. The number of carbonyl (C=O) groups is 2. The topological polar surface area (TPSA) is 73.9 Å². The van der Waals surface area contributed by atoms with E-state index in [1.807, 2.05) is 23.1 Å². The predicted octanol–water partition coefficient (Wildman–Crippen LogP) is 0.895. The first-order valence-electron chi connectivity index (χ1n) is 8.45. The standard InChI is InChI=1S/C17H24N4O3/c1-2-24-17(23)21-10-8-20(9-11-21)16(22)15-12-14(18-19-15)13-6-4-3-5-7-13/h3-7,14-15,18-19H,2,8-12H2,1H3. The van der Waals surface area contributed by atoms with Gasteiger partial charge < -0.3 is 14.5 Å². The zero-order chi connectivity index (χ0) is 16.9. The fourth-order valence-electron chi connectivity index (χ4n) is 3.17. The number of hydrazine groups is 1. The van der Waals surface area contributed by atoms with Crippen LogP contribution in [0.15, 0.2) is 30.3 Å². The number of piperazine rings is 1.